The summed E-state index contributed by atoms with van der Waals surface area (Å²) in [6.07, 6.45) is 11.7. The molecule has 0 aliphatic heterocycles. The molecule has 20 heavy (non-hydrogen) atoms. The molecule has 3 rings (SSSR count). The molecule has 0 amide bonds. The van der Waals surface area contributed by atoms with E-state index in [1.54, 1.807) is 12.2 Å². The number of thiazole rings is 1. The van der Waals surface area contributed by atoms with Crippen LogP contribution < -0.4 is 0 Å². The molecule has 0 atom stereocenters. The molecule has 1 heterocycles. The Balaban J connectivity index is 2.09. The predicted molar refractivity (Wildman–Crippen MR) is 79.4 cm³/mol. The van der Waals surface area contributed by atoms with Crippen LogP contribution in [-0.4, -0.2) is 17.4 Å². The minimum atomic E-state index is -0.843. The van der Waals surface area contributed by atoms with Crippen LogP contribution in [0.15, 0.2) is 48.6 Å². The molecule has 0 N–H and O–H groups in total. The van der Waals surface area contributed by atoms with Gasteiger partial charge in [-0.25, -0.2) is 4.98 Å². The van der Waals surface area contributed by atoms with Gasteiger partial charge < -0.3 is 4.74 Å². The molecule has 0 saturated carbocycles. The van der Waals surface area contributed by atoms with E-state index < -0.39 is 5.60 Å². The Morgan fingerprint density at radius 1 is 1.30 bits per heavy atom. The van der Waals surface area contributed by atoms with Crippen LogP contribution in [0.2, 0.25) is 0 Å². The predicted octanol–water partition coefficient (Wildman–Crippen LogP) is 2.84. The van der Waals surface area contributed by atoms with E-state index in [2.05, 4.69) is 10.9 Å². The summed E-state index contributed by atoms with van der Waals surface area (Å²) in [6, 6.07) is 7.87. The van der Waals surface area contributed by atoms with Crippen molar-refractivity contribution in [3.63, 3.8) is 0 Å². The van der Waals surface area contributed by atoms with Gasteiger partial charge in [-0.1, -0.05) is 18.1 Å². The number of benzene rings is 1. The van der Waals surface area contributed by atoms with Crippen LogP contribution in [0.1, 0.15) is 5.01 Å². The van der Waals surface area contributed by atoms with Gasteiger partial charge in [-0.15, -0.1) is 17.8 Å². The van der Waals surface area contributed by atoms with Gasteiger partial charge in [0.2, 0.25) is 0 Å². The highest BCUT2D eigenvalue weighted by molar-refractivity contribution is 7.18. The first kappa shape index (κ1) is 12.8. The second kappa shape index (κ2) is 5.04. The van der Waals surface area contributed by atoms with E-state index in [0.29, 0.717) is 0 Å². The van der Waals surface area contributed by atoms with Crippen LogP contribution in [0.25, 0.3) is 10.2 Å². The van der Waals surface area contributed by atoms with E-state index in [4.69, 9.17) is 11.2 Å². The third kappa shape index (κ3) is 2.18. The second-order valence-corrected chi connectivity index (χ2v) is 5.37. The van der Waals surface area contributed by atoms with E-state index in [9.17, 15) is 4.79 Å². The third-order valence-corrected chi connectivity index (χ3v) is 4.18. The monoisotopic (exact) mass is 281 g/mol. The second-order valence-electron chi connectivity index (χ2n) is 4.34. The molecular weight excluding hydrogens is 270 g/mol. The molecular formula is C16H11NO2S. The number of carbonyl (C=O) groups is 1. The summed E-state index contributed by atoms with van der Waals surface area (Å²) in [5.41, 5.74) is 0.0686. The van der Waals surface area contributed by atoms with Crippen molar-refractivity contribution in [1.82, 2.24) is 4.98 Å². The molecule has 98 valence electrons. The highest BCUT2D eigenvalue weighted by Gasteiger charge is 2.33. The van der Waals surface area contributed by atoms with Crippen LogP contribution in [-0.2, 0) is 15.1 Å². The highest BCUT2D eigenvalue weighted by atomic mass is 32.1. The summed E-state index contributed by atoms with van der Waals surface area (Å²) >= 11 is 1.54. The van der Waals surface area contributed by atoms with Crippen molar-refractivity contribution < 1.29 is 9.53 Å². The minimum Gasteiger partial charge on any atom is -0.347 e. The lowest BCUT2D eigenvalue weighted by molar-refractivity contribution is -0.110. The number of rotatable bonds is 3. The van der Waals surface area contributed by atoms with Crippen LogP contribution >= 0.6 is 11.3 Å². The molecule has 1 aliphatic rings. The van der Waals surface area contributed by atoms with Gasteiger partial charge in [-0.05, 0) is 36.4 Å². The summed E-state index contributed by atoms with van der Waals surface area (Å²) in [7, 11) is 0. The molecule has 2 aromatic rings. The van der Waals surface area contributed by atoms with Crippen LogP contribution in [0.4, 0.5) is 0 Å². The first-order chi connectivity index (χ1) is 9.73. The van der Waals surface area contributed by atoms with Gasteiger partial charge in [0, 0.05) is 0 Å². The Morgan fingerprint density at radius 2 is 2.05 bits per heavy atom. The number of hydrogen-bond acceptors (Lipinski definition) is 4. The van der Waals surface area contributed by atoms with Gasteiger partial charge in [-0.3, -0.25) is 4.79 Å². The summed E-state index contributed by atoms with van der Waals surface area (Å²) in [5, 5.41) is 0.772. The lowest BCUT2D eigenvalue weighted by Gasteiger charge is -2.25. The maximum atomic E-state index is 11.3. The van der Waals surface area contributed by atoms with E-state index >= 15 is 0 Å². The Kier molecular flexibility index (Phi) is 3.23. The number of fused-ring (bicyclic) bond motifs is 1. The minimum absolute atomic E-state index is 0.0638. The van der Waals surface area contributed by atoms with Gasteiger partial charge in [0.1, 0.15) is 11.6 Å². The standard InChI is InChI=1S/C16H11NO2S/c1-2-11-19-16(9-7-12(18)8-10-16)15-17-13-5-3-4-6-14(13)20-15/h1,3-10H,11H2. The smallest absolute Gasteiger partial charge is 0.178 e. The molecule has 0 bridgehead atoms. The number of ketones is 1. The third-order valence-electron chi connectivity index (χ3n) is 3.01. The fourth-order valence-corrected chi connectivity index (χ4v) is 3.10. The largest absolute Gasteiger partial charge is 0.347 e. The normalized spacial score (nSPS) is 16.4. The zero-order valence-electron chi connectivity index (χ0n) is 10.6. The topological polar surface area (TPSA) is 39.2 Å². The Hall–Kier alpha value is -2.22. The fourth-order valence-electron chi connectivity index (χ4n) is 2.02. The van der Waals surface area contributed by atoms with Crippen LogP contribution in [0.3, 0.4) is 0 Å². The van der Waals surface area contributed by atoms with Crippen LogP contribution in [0, 0.1) is 12.3 Å². The molecule has 4 heteroatoms. The fraction of sp³-hybridized carbons (Fsp3) is 0.125. The average molecular weight is 281 g/mol. The SMILES string of the molecule is C#CCOC1(c2nc3ccccc3s2)C=CC(=O)C=C1. The van der Waals surface area contributed by atoms with Crippen molar-refractivity contribution >= 4 is 27.3 Å². The summed E-state index contributed by atoms with van der Waals surface area (Å²) in [6.45, 7) is 0.152. The number of allylic oxidation sites excluding steroid dienone is 2. The van der Waals surface area contributed by atoms with Gasteiger partial charge in [-0.2, -0.15) is 0 Å². The first-order valence-electron chi connectivity index (χ1n) is 6.09. The summed E-state index contributed by atoms with van der Waals surface area (Å²) in [5.74, 6) is 2.39. The number of ether oxygens (including phenoxy) is 1. The molecule has 1 aliphatic carbocycles. The van der Waals surface area contributed by atoms with Crippen molar-refractivity contribution in [2.75, 3.05) is 6.61 Å². The quantitative estimate of drug-likeness (QED) is 0.812. The zero-order chi connectivity index (χ0) is 14.0. The lowest BCUT2D eigenvalue weighted by atomic mass is 9.98. The molecule has 0 unspecified atom stereocenters. The number of terminal acetylenes is 1. The van der Waals surface area contributed by atoms with Crippen molar-refractivity contribution in [1.29, 1.82) is 0 Å². The summed E-state index contributed by atoms with van der Waals surface area (Å²) in [4.78, 5) is 15.9. The average Bonchev–Trinajstić information content (AvgIpc) is 2.91. The van der Waals surface area contributed by atoms with E-state index in [1.807, 2.05) is 24.3 Å². The first-order valence-corrected chi connectivity index (χ1v) is 6.91. The lowest BCUT2D eigenvalue weighted by Crippen LogP contribution is -2.27. The number of aromatic nitrogens is 1. The Morgan fingerprint density at radius 3 is 2.75 bits per heavy atom. The van der Waals surface area contributed by atoms with Gasteiger partial charge in [0.15, 0.2) is 11.4 Å². The van der Waals surface area contributed by atoms with Gasteiger partial charge in [0.25, 0.3) is 0 Å². The molecule has 0 fully saturated rings. The van der Waals surface area contributed by atoms with Gasteiger partial charge in [0.05, 0.1) is 10.2 Å². The number of para-hydroxylation sites is 1. The Bertz CT molecular complexity index is 715. The van der Waals surface area contributed by atoms with Gasteiger partial charge >= 0.3 is 0 Å². The molecule has 0 radical (unpaired) electrons. The van der Waals surface area contributed by atoms with Crippen molar-refractivity contribution in [3.8, 4) is 12.3 Å². The van der Waals surface area contributed by atoms with Crippen molar-refractivity contribution in [3.05, 3.63) is 53.6 Å². The highest BCUT2D eigenvalue weighted by Crippen LogP contribution is 2.36. The maximum Gasteiger partial charge on any atom is 0.178 e. The molecule has 1 aromatic heterocycles. The number of hydrogen-bond donors (Lipinski definition) is 0. The Labute approximate surface area is 120 Å². The van der Waals surface area contributed by atoms with Crippen molar-refractivity contribution in [2.45, 2.75) is 5.60 Å². The summed E-state index contributed by atoms with van der Waals surface area (Å²) < 4.78 is 6.84. The van der Waals surface area contributed by atoms with E-state index in [-0.39, 0.29) is 12.4 Å². The molecule has 3 nitrogen and oxygen atoms in total. The number of nitrogens with zero attached hydrogens (tertiary/aromatic N) is 1. The molecule has 1 aromatic carbocycles. The maximum absolute atomic E-state index is 11.3. The number of carbonyl (C=O) groups excluding carboxylic acids is 1. The molecule has 0 saturated heterocycles. The zero-order valence-corrected chi connectivity index (χ0v) is 11.4. The van der Waals surface area contributed by atoms with Crippen LogP contribution in [0.5, 0.6) is 0 Å². The van der Waals surface area contributed by atoms with E-state index in [0.717, 1.165) is 15.2 Å². The van der Waals surface area contributed by atoms with Crippen molar-refractivity contribution in [2.24, 2.45) is 0 Å². The molecule has 0 spiro atoms. The van der Waals surface area contributed by atoms with E-state index in [1.165, 1.54) is 23.5 Å².